The smallest absolute Gasteiger partial charge is 0.251 e. The van der Waals surface area contributed by atoms with Crippen molar-refractivity contribution >= 4 is 17.5 Å². The molecule has 1 heterocycles. The van der Waals surface area contributed by atoms with Crippen molar-refractivity contribution in [3.8, 4) is 0 Å². The topological polar surface area (TPSA) is 49.4 Å². The van der Waals surface area contributed by atoms with Crippen LogP contribution in [-0.2, 0) is 10.2 Å². The Morgan fingerprint density at radius 2 is 1.67 bits per heavy atom. The number of carbonyl (C=O) groups excluding carboxylic acids is 2. The molecule has 1 saturated heterocycles. The fraction of sp³-hybridized carbons (Fsp3) is 0.391. The molecule has 2 aromatic rings. The van der Waals surface area contributed by atoms with Crippen LogP contribution in [0.2, 0.25) is 0 Å². The van der Waals surface area contributed by atoms with E-state index in [1.807, 2.05) is 30.3 Å². The third-order valence-electron chi connectivity index (χ3n) is 6.05. The van der Waals surface area contributed by atoms with Gasteiger partial charge in [0.25, 0.3) is 5.91 Å². The van der Waals surface area contributed by atoms with Gasteiger partial charge >= 0.3 is 0 Å². The van der Waals surface area contributed by atoms with Crippen LogP contribution >= 0.6 is 0 Å². The van der Waals surface area contributed by atoms with Crippen molar-refractivity contribution in [1.82, 2.24) is 5.32 Å². The minimum Gasteiger partial charge on any atom is -0.351 e. The van der Waals surface area contributed by atoms with Gasteiger partial charge in [-0.2, -0.15) is 0 Å². The molecule has 0 bridgehead atoms. The van der Waals surface area contributed by atoms with Crippen molar-refractivity contribution in [3.63, 3.8) is 0 Å². The SMILES string of the molecule is O=C(NCC1(c2ccccc2)CCCC1)c1ccc(N2CCCC2=O)cc1. The zero-order chi connectivity index (χ0) is 18.7. The van der Waals surface area contributed by atoms with Gasteiger partial charge in [0.1, 0.15) is 0 Å². The first kappa shape index (κ1) is 17.8. The summed E-state index contributed by atoms with van der Waals surface area (Å²) in [4.78, 5) is 26.3. The maximum Gasteiger partial charge on any atom is 0.251 e. The molecule has 2 aromatic carbocycles. The fourth-order valence-electron chi connectivity index (χ4n) is 4.48. The maximum absolute atomic E-state index is 12.7. The van der Waals surface area contributed by atoms with E-state index in [0.717, 1.165) is 31.5 Å². The minimum atomic E-state index is -0.0449. The van der Waals surface area contributed by atoms with Crippen LogP contribution in [0.5, 0.6) is 0 Å². The average Bonchev–Trinajstić information content (AvgIpc) is 3.37. The molecule has 4 nitrogen and oxygen atoms in total. The summed E-state index contributed by atoms with van der Waals surface area (Å²) < 4.78 is 0. The quantitative estimate of drug-likeness (QED) is 0.872. The Bertz CT molecular complexity index is 808. The fourth-order valence-corrected chi connectivity index (χ4v) is 4.48. The highest BCUT2D eigenvalue weighted by Gasteiger charge is 2.35. The number of carbonyl (C=O) groups is 2. The van der Waals surface area contributed by atoms with Crippen LogP contribution in [0.1, 0.15) is 54.4 Å². The van der Waals surface area contributed by atoms with E-state index in [9.17, 15) is 9.59 Å². The largest absolute Gasteiger partial charge is 0.351 e. The first-order valence-corrected chi connectivity index (χ1v) is 9.92. The minimum absolute atomic E-state index is 0.0449. The van der Waals surface area contributed by atoms with E-state index in [1.165, 1.54) is 18.4 Å². The number of nitrogens with zero attached hydrogens (tertiary/aromatic N) is 1. The Hall–Kier alpha value is -2.62. The molecule has 2 aliphatic rings. The van der Waals surface area contributed by atoms with E-state index in [1.54, 1.807) is 4.90 Å². The summed E-state index contributed by atoms with van der Waals surface area (Å²) in [5, 5.41) is 3.16. The lowest BCUT2D eigenvalue weighted by molar-refractivity contribution is -0.117. The van der Waals surface area contributed by atoms with E-state index in [-0.39, 0.29) is 17.2 Å². The summed E-state index contributed by atoms with van der Waals surface area (Å²) in [5.41, 5.74) is 2.90. The van der Waals surface area contributed by atoms with Crippen LogP contribution in [0.25, 0.3) is 0 Å². The Kier molecular flexibility index (Phi) is 4.97. The van der Waals surface area contributed by atoms with Crippen LogP contribution in [0.4, 0.5) is 5.69 Å². The second-order valence-corrected chi connectivity index (χ2v) is 7.73. The number of rotatable bonds is 5. The zero-order valence-electron chi connectivity index (χ0n) is 15.6. The van der Waals surface area contributed by atoms with E-state index >= 15 is 0 Å². The number of amides is 2. The number of benzene rings is 2. The molecule has 27 heavy (non-hydrogen) atoms. The van der Waals surface area contributed by atoms with Crippen molar-refractivity contribution in [2.75, 3.05) is 18.0 Å². The molecule has 1 aliphatic heterocycles. The summed E-state index contributed by atoms with van der Waals surface area (Å²) in [6.45, 7) is 1.44. The average molecular weight is 362 g/mol. The molecule has 140 valence electrons. The molecule has 0 spiro atoms. The Balaban J connectivity index is 1.43. The zero-order valence-corrected chi connectivity index (χ0v) is 15.6. The van der Waals surface area contributed by atoms with Gasteiger partial charge in [0.15, 0.2) is 0 Å². The van der Waals surface area contributed by atoms with Gasteiger partial charge in [0.05, 0.1) is 0 Å². The van der Waals surface area contributed by atoms with Crippen LogP contribution in [0, 0.1) is 0 Å². The third-order valence-corrected chi connectivity index (χ3v) is 6.05. The lowest BCUT2D eigenvalue weighted by Crippen LogP contribution is -2.39. The number of hydrogen-bond donors (Lipinski definition) is 1. The second-order valence-electron chi connectivity index (χ2n) is 7.73. The molecule has 2 fully saturated rings. The van der Waals surface area contributed by atoms with Crippen molar-refractivity contribution in [1.29, 1.82) is 0 Å². The molecule has 4 heteroatoms. The van der Waals surface area contributed by atoms with Crippen molar-refractivity contribution in [3.05, 3.63) is 65.7 Å². The Morgan fingerprint density at radius 3 is 2.30 bits per heavy atom. The van der Waals surface area contributed by atoms with Gasteiger partial charge in [-0.3, -0.25) is 9.59 Å². The molecule has 4 rings (SSSR count). The molecule has 1 N–H and O–H groups in total. The molecular formula is C23H26N2O2. The van der Waals surface area contributed by atoms with E-state index in [2.05, 4.69) is 29.6 Å². The number of nitrogens with one attached hydrogen (secondary N) is 1. The normalized spacial score (nSPS) is 18.7. The third kappa shape index (κ3) is 3.61. The molecule has 2 amide bonds. The number of hydrogen-bond acceptors (Lipinski definition) is 2. The van der Waals surface area contributed by atoms with Crippen LogP contribution in [0.15, 0.2) is 54.6 Å². The van der Waals surface area contributed by atoms with Crippen LogP contribution in [-0.4, -0.2) is 24.9 Å². The molecular weight excluding hydrogens is 336 g/mol. The predicted octanol–water partition coefficient (Wildman–Crippen LogP) is 4.06. The van der Waals surface area contributed by atoms with Gasteiger partial charge in [-0.25, -0.2) is 0 Å². The summed E-state index contributed by atoms with van der Waals surface area (Å²) in [5.74, 6) is 0.120. The summed E-state index contributed by atoms with van der Waals surface area (Å²) >= 11 is 0. The lowest BCUT2D eigenvalue weighted by atomic mass is 9.79. The van der Waals surface area contributed by atoms with Gasteiger partial charge in [-0.15, -0.1) is 0 Å². The van der Waals surface area contributed by atoms with Crippen molar-refractivity contribution < 1.29 is 9.59 Å². The van der Waals surface area contributed by atoms with Crippen LogP contribution < -0.4 is 10.2 Å². The second kappa shape index (κ2) is 7.55. The standard InChI is InChI=1S/C23H26N2O2/c26-21-9-6-16-25(21)20-12-10-18(11-13-20)22(27)24-17-23(14-4-5-15-23)19-7-2-1-3-8-19/h1-3,7-8,10-13H,4-6,9,14-17H2,(H,24,27). The summed E-state index contributed by atoms with van der Waals surface area (Å²) in [6.07, 6.45) is 6.18. The lowest BCUT2D eigenvalue weighted by Gasteiger charge is -2.30. The molecule has 0 unspecified atom stereocenters. The Morgan fingerprint density at radius 1 is 0.963 bits per heavy atom. The van der Waals surface area contributed by atoms with Crippen molar-refractivity contribution in [2.45, 2.75) is 43.9 Å². The highest BCUT2D eigenvalue weighted by Crippen LogP contribution is 2.40. The van der Waals surface area contributed by atoms with E-state index in [4.69, 9.17) is 0 Å². The molecule has 1 saturated carbocycles. The van der Waals surface area contributed by atoms with Crippen molar-refractivity contribution in [2.24, 2.45) is 0 Å². The summed E-state index contributed by atoms with van der Waals surface area (Å²) in [7, 11) is 0. The number of anilines is 1. The van der Waals surface area contributed by atoms with Gasteiger partial charge in [-0.05, 0) is 49.1 Å². The highest BCUT2D eigenvalue weighted by atomic mass is 16.2. The summed E-state index contributed by atoms with van der Waals surface area (Å²) in [6, 6.07) is 17.9. The van der Waals surface area contributed by atoms with E-state index < -0.39 is 0 Å². The van der Waals surface area contributed by atoms with Gasteiger partial charge < -0.3 is 10.2 Å². The van der Waals surface area contributed by atoms with E-state index in [0.29, 0.717) is 18.5 Å². The van der Waals surface area contributed by atoms with Gasteiger partial charge in [-0.1, -0.05) is 43.2 Å². The Labute approximate surface area is 160 Å². The molecule has 0 radical (unpaired) electrons. The molecule has 1 aliphatic carbocycles. The maximum atomic E-state index is 12.7. The first-order valence-electron chi connectivity index (χ1n) is 9.92. The monoisotopic (exact) mass is 362 g/mol. The van der Waals surface area contributed by atoms with Gasteiger partial charge in [0.2, 0.25) is 5.91 Å². The molecule has 0 atom stereocenters. The first-order chi connectivity index (χ1) is 13.2. The predicted molar refractivity (Wildman–Crippen MR) is 107 cm³/mol. The highest BCUT2D eigenvalue weighted by molar-refractivity contribution is 5.97. The van der Waals surface area contributed by atoms with Crippen LogP contribution in [0.3, 0.4) is 0 Å². The molecule has 0 aromatic heterocycles. The van der Waals surface area contributed by atoms with Gasteiger partial charge in [0, 0.05) is 36.2 Å².